The zero-order chi connectivity index (χ0) is 9.68. The highest BCUT2D eigenvalue weighted by molar-refractivity contribution is 7.07. The third-order valence-corrected chi connectivity index (χ3v) is 2.84. The summed E-state index contributed by atoms with van der Waals surface area (Å²) in [5.41, 5.74) is 5.30. The summed E-state index contributed by atoms with van der Waals surface area (Å²) in [6.07, 6.45) is 1.94. The average molecular weight is 196 g/mol. The van der Waals surface area contributed by atoms with Crippen molar-refractivity contribution in [2.45, 2.75) is 25.8 Å². The van der Waals surface area contributed by atoms with Gasteiger partial charge in [-0.25, -0.2) is 0 Å². The van der Waals surface area contributed by atoms with E-state index in [2.05, 4.69) is 35.8 Å². The second-order valence-electron chi connectivity index (χ2n) is 3.08. The second-order valence-corrected chi connectivity index (χ2v) is 3.86. The first-order chi connectivity index (χ1) is 6.27. The van der Waals surface area contributed by atoms with E-state index in [4.69, 9.17) is 5.84 Å². The smallest absolute Gasteiger partial charge is 0.0505 e. The monoisotopic (exact) mass is 196 g/mol. The minimum Gasteiger partial charge on any atom is -0.271 e. The largest absolute Gasteiger partial charge is 0.271 e. The average Bonchev–Trinajstić information content (AvgIpc) is 2.66. The quantitative estimate of drug-likeness (QED) is 0.431. The van der Waals surface area contributed by atoms with Gasteiger partial charge >= 0.3 is 0 Å². The normalized spacial score (nSPS) is 12.8. The van der Waals surface area contributed by atoms with Crippen LogP contribution >= 0.6 is 11.3 Å². The molecule has 0 amide bonds. The van der Waals surface area contributed by atoms with Crippen molar-refractivity contribution in [1.82, 2.24) is 5.43 Å². The molecule has 0 saturated heterocycles. The van der Waals surface area contributed by atoms with E-state index in [1.807, 2.05) is 0 Å². The van der Waals surface area contributed by atoms with E-state index in [-0.39, 0.29) is 6.04 Å². The molecule has 3 N–H and O–H groups in total. The van der Waals surface area contributed by atoms with E-state index in [1.165, 1.54) is 11.1 Å². The molecule has 13 heavy (non-hydrogen) atoms. The highest BCUT2D eigenvalue weighted by Crippen LogP contribution is 2.22. The van der Waals surface area contributed by atoms with Crippen molar-refractivity contribution in [3.05, 3.63) is 34.5 Å². The van der Waals surface area contributed by atoms with Crippen LogP contribution in [0.3, 0.4) is 0 Å². The summed E-state index contributed by atoms with van der Waals surface area (Å²) in [4.78, 5) is 0. The van der Waals surface area contributed by atoms with E-state index < -0.39 is 0 Å². The molecule has 2 nitrogen and oxygen atoms in total. The van der Waals surface area contributed by atoms with Gasteiger partial charge in [0, 0.05) is 0 Å². The van der Waals surface area contributed by atoms with Gasteiger partial charge in [-0.2, -0.15) is 11.3 Å². The number of rotatable bonds is 5. The maximum Gasteiger partial charge on any atom is 0.0505 e. The van der Waals surface area contributed by atoms with Gasteiger partial charge in [0.25, 0.3) is 0 Å². The number of hydrazine groups is 1. The third-order valence-electron chi connectivity index (χ3n) is 2.14. The Hall–Kier alpha value is -0.640. The number of nitrogens with one attached hydrogen (secondary N) is 1. The van der Waals surface area contributed by atoms with Gasteiger partial charge in [0.1, 0.15) is 0 Å². The molecule has 3 heteroatoms. The Morgan fingerprint density at radius 2 is 2.54 bits per heavy atom. The Morgan fingerprint density at radius 1 is 1.77 bits per heavy atom. The molecule has 0 radical (unpaired) electrons. The molecule has 0 aliphatic carbocycles. The fraction of sp³-hybridized carbons (Fsp3) is 0.400. The first-order valence-electron chi connectivity index (χ1n) is 4.42. The lowest BCUT2D eigenvalue weighted by Gasteiger charge is -2.15. The Labute approximate surface area is 83.4 Å². The molecular weight excluding hydrogens is 180 g/mol. The van der Waals surface area contributed by atoms with Crippen molar-refractivity contribution in [2.24, 2.45) is 5.84 Å². The minimum absolute atomic E-state index is 0.221. The predicted molar refractivity (Wildman–Crippen MR) is 58.4 cm³/mol. The molecule has 1 aromatic heterocycles. The Morgan fingerprint density at radius 3 is 3.00 bits per heavy atom. The van der Waals surface area contributed by atoms with E-state index in [9.17, 15) is 0 Å². The van der Waals surface area contributed by atoms with Gasteiger partial charge in [-0.1, -0.05) is 19.1 Å². The van der Waals surface area contributed by atoms with Crippen LogP contribution in [0.25, 0.3) is 0 Å². The Balaban J connectivity index is 2.58. The van der Waals surface area contributed by atoms with Crippen molar-refractivity contribution in [1.29, 1.82) is 0 Å². The molecule has 1 aromatic rings. The van der Waals surface area contributed by atoms with Crippen LogP contribution in [0, 0.1) is 0 Å². The fourth-order valence-electron chi connectivity index (χ4n) is 1.18. The summed E-state index contributed by atoms with van der Waals surface area (Å²) < 4.78 is 0. The van der Waals surface area contributed by atoms with E-state index in [0.29, 0.717) is 0 Å². The van der Waals surface area contributed by atoms with Crippen LogP contribution in [-0.4, -0.2) is 0 Å². The molecule has 1 heterocycles. The standard InChI is InChI=1S/C10H16N2S/c1-3-8(2)6-10(12-11)9-4-5-13-7-9/h4-5,7,10,12H,2-3,6,11H2,1H3. The lowest BCUT2D eigenvalue weighted by molar-refractivity contribution is 0.546. The summed E-state index contributed by atoms with van der Waals surface area (Å²) in [6.45, 7) is 6.09. The molecule has 0 saturated carbocycles. The van der Waals surface area contributed by atoms with Crippen molar-refractivity contribution in [2.75, 3.05) is 0 Å². The third kappa shape index (κ3) is 2.95. The highest BCUT2D eigenvalue weighted by Gasteiger charge is 2.10. The zero-order valence-electron chi connectivity index (χ0n) is 7.92. The van der Waals surface area contributed by atoms with Crippen LogP contribution in [0.15, 0.2) is 29.0 Å². The van der Waals surface area contributed by atoms with Crippen molar-refractivity contribution in [3.8, 4) is 0 Å². The van der Waals surface area contributed by atoms with Crippen LogP contribution < -0.4 is 11.3 Å². The van der Waals surface area contributed by atoms with Crippen LogP contribution in [0.4, 0.5) is 0 Å². The molecule has 1 atom stereocenters. The molecule has 0 aromatic carbocycles. The minimum atomic E-state index is 0.221. The molecule has 0 aliphatic heterocycles. The van der Waals surface area contributed by atoms with Crippen LogP contribution in [0.1, 0.15) is 31.4 Å². The van der Waals surface area contributed by atoms with Crippen LogP contribution in [-0.2, 0) is 0 Å². The highest BCUT2D eigenvalue weighted by atomic mass is 32.1. The maximum absolute atomic E-state index is 5.48. The van der Waals surface area contributed by atoms with Gasteiger partial charge in [0.05, 0.1) is 6.04 Å². The summed E-state index contributed by atoms with van der Waals surface area (Å²) in [5, 5.41) is 4.18. The van der Waals surface area contributed by atoms with Crippen LogP contribution in [0.5, 0.6) is 0 Å². The van der Waals surface area contributed by atoms with E-state index >= 15 is 0 Å². The second kappa shape index (κ2) is 5.17. The first-order valence-corrected chi connectivity index (χ1v) is 5.37. The summed E-state index contributed by atoms with van der Waals surface area (Å²) in [7, 11) is 0. The Kier molecular flexibility index (Phi) is 4.15. The van der Waals surface area contributed by atoms with Gasteiger partial charge in [-0.3, -0.25) is 11.3 Å². The van der Waals surface area contributed by atoms with E-state index in [0.717, 1.165) is 12.8 Å². The van der Waals surface area contributed by atoms with Crippen molar-refractivity contribution < 1.29 is 0 Å². The van der Waals surface area contributed by atoms with Gasteiger partial charge < -0.3 is 0 Å². The molecule has 0 aliphatic rings. The molecule has 0 bridgehead atoms. The predicted octanol–water partition coefficient (Wildman–Crippen LogP) is 2.61. The summed E-state index contributed by atoms with van der Waals surface area (Å²) in [6, 6.07) is 2.32. The lowest BCUT2D eigenvalue weighted by atomic mass is 10.0. The Bertz CT molecular complexity index is 254. The summed E-state index contributed by atoms with van der Waals surface area (Å²) >= 11 is 1.69. The molecular formula is C10H16N2S. The van der Waals surface area contributed by atoms with Crippen LogP contribution in [0.2, 0.25) is 0 Å². The number of hydrogen-bond donors (Lipinski definition) is 2. The molecule has 72 valence electrons. The maximum atomic E-state index is 5.48. The number of hydrogen-bond acceptors (Lipinski definition) is 3. The number of thiophene rings is 1. The lowest BCUT2D eigenvalue weighted by Crippen LogP contribution is -2.27. The zero-order valence-corrected chi connectivity index (χ0v) is 8.73. The SMILES string of the molecule is C=C(CC)CC(NN)c1ccsc1. The van der Waals surface area contributed by atoms with Gasteiger partial charge in [0.15, 0.2) is 0 Å². The molecule has 1 unspecified atom stereocenters. The van der Waals surface area contributed by atoms with Gasteiger partial charge in [-0.15, -0.1) is 0 Å². The number of nitrogens with two attached hydrogens (primary N) is 1. The fourth-order valence-corrected chi connectivity index (χ4v) is 1.89. The topological polar surface area (TPSA) is 38.0 Å². The van der Waals surface area contributed by atoms with Crippen molar-refractivity contribution >= 4 is 11.3 Å². The van der Waals surface area contributed by atoms with Gasteiger partial charge in [0.2, 0.25) is 0 Å². The molecule has 1 rings (SSSR count). The molecule has 0 spiro atoms. The van der Waals surface area contributed by atoms with E-state index in [1.54, 1.807) is 11.3 Å². The molecule has 0 fully saturated rings. The van der Waals surface area contributed by atoms with Gasteiger partial charge in [-0.05, 0) is 35.2 Å². The van der Waals surface area contributed by atoms with Crippen molar-refractivity contribution in [3.63, 3.8) is 0 Å². The summed E-state index contributed by atoms with van der Waals surface area (Å²) in [5.74, 6) is 5.48. The first kappa shape index (κ1) is 10.4.